The molecule has 188 valence electrons. The third-order valence-electron chi connectivity index (χ3n) is 6.79. The lowest BCUT2D eigenvalue weighted by Gasteiger charge is -2.25. The van der Waals surface area contributed by atoms with Gasteiger partial charge in [-0.05, 0) is 80.3 Å². The SMILES string of the molecule is Cc1ncn(-c2ccc(Oc3ccc(NS(=O)(=O)c4cc5c6c(c4)CCN6C(=O)CC5)cc3)nn2)c1C. The smallest absolute Gasteiger partial charge is 0.261 e. The Morgan fingerprint density at radius 1 is 0.946 bits per heavy atom. The van der Waals surface area contributed by atoms with E-state index in [0.29, 0.717) is 48.9 Å². The summed E-state index contributed by atoms with van der Waals surface area (Å²) < 4.78 is 36.5. The lowest BCUT2D eigenvalue weighted by molar-refractivity contribution is -0.118. The van der Waals surface area contributed by atoms with Crippen LogP contribution < -0.4 is 14.4 Å². The van der Waals surface area contributed by atoms with Crippen molar-refractivity contribution >= 4 is 27.3 Å². The minimum Gasteiger partial charge on any atom is -0.438 e. The lowest BCUT2D eigenvalue weighted by atomic mass is 10.00. The number of hydrogen-bond acceptors (Lipinski definition) is 7. The summed E-state index contributed by atoms with van der Waals surface area (Å²) in [6, 6.07) is 13.4. The first-order valence-corrected chi connectivity index (χ1v) is 13.4. The zero-order valence-electron chi connectivity index (χ0n) is 20.3. The predicted molar refractivity (Wildman–Crippen MR) is 137 cm³/mol. The number of hydrogen-bond donors (Lipinski definition) is 1. The van der Waals surface area contributed by atoms with Gasteiger partial charge in [-0.1, -0.05) is 0 Å². The molecule has 6 rings (SSSR count). The summed E-state index contributed by atoms with van der Waals surface area (Å²) in [5, 5.41) is 8.33. The van der Waals surface area contributed by atoms with Crippen molar-refractivity contribution in [2.24, 2.45) is 0 Å². The number of benzene rings is 2. The Kier molecular flexibility index (Phi) is 5.45. The molecule has 10 nitrogen and oxygen atoms in total. The molecule has 2 aromatic heterocycles. The quantitative estimate of drug-likeness (QED) is 0.415. The minimum absolute atomic E-state index is 0.104. The summed E-state index contributed by atoms with van der Waals surface area (Å²) >= 11 is 0. The number of imidazole rings is 1. The molecular formula is C26H24N6O4S. The Bertz CT molecular complexity index is 1630. The van der Waals surface area contributed by atoms with Gasteiger partial charge in [0.15, 0.2) is 5.82 Å². The van der Waals surface area contributed by atoms with Crippen LogP contribution in [0.4, 0.5) is 11.4 Å². The molecule has 0 fully saturated rings. The van der Waals surface area contributed by atoms with Gasteiger partial charge in [0.1, 0.15) is 12.1 Å². The van der Waals surface area contributed by atoms with Crippen LogP contribution in [-0.2, 0) is 27.7 Å². The standard InChI is InChI=1S/C26H24N6O4S/c1-16-17(2)32(15-27-16)23-8-9-24(29-28-23)36-21-6-4-20(5-7-21)30-37(34,35)22-13-18-3-10-25(33)31-12-11-19(14-22)26(18)31/h4-9,13-15,30H,3,10-12H2,1-2H3. The molecule has 0 saturated carbocycles. The molecule has 1 N–H and O–H groups in total. The van der Waals surface area contributed by atoms with E-state index < -0.39 is 10.0 Å². The minimum atomic E-state index is -3.80. The summed E-state index contributed by atoms with van der Waals surface area (Å²) in [5.74, 6) is 1.54. The molecule has 0 bridgehead atoms. The Morgan fingerprint density at radius 3 is 2.38 bits per heavy atom. The number of nitrogens with one attached hydrogen (secondary N) is 1. The van der Waals surface area contributed by atoms with E-state index in [9.17, 15) is 13.2 Å². The van der Waals surface area contributed by atoms with Crippen molar-refractivity contribution in [3.8, 4) is 17.4 Å². The maximum atomic E-state index is 13.1. The number of aromatic nitrogens is 4. The second-order valence-corrected chi connectivity index (χ2v) is 10.8. The fraction of sp³-hybridized carbons (Fsp3) is 0.231. The third-order valence-corrected chi connectivity index (χ3v) is 8.15. The van der Waals surface area contributed by atoms with E-state index in [1.807, 2.05) is 18.4 Å². The zero-order chi connectivity index (χ0) is 25.7. The Morgan fingerprint density at radius 2 is 1.70 bits per heavy atom. The van der Waals surface area contributed by atoms with Crippen LogP contribution in [0, 0.1) is 13.8 Å². The average Bonchev–Trinajstić information content (AvgIpc) is 3.47. The number of nitrogens with zero attached hydrogens (tertiary/aromatic N) is 5. The Hall–Kier alpha value is -4.25. The fourth-order valence-electron chi connectivity index (χ4n) is 4.73. The van der Waals surface area contributed by atoms with E-state index in [-0.39, 0.29) is 10.8 Å². The maximum Gasteiger partial charge on any atom is 0.261 e. The van der Waals surface area contributed by atoms with E-state index in [4.69, 9.17) is 4.74 Å². The van der Waals surface area contributed by atoms with Gasteiger partial charge in [0.2, 0.25) is 11.8 Å². The normalized spacial score (nSPS) is 14.5. The molecule has 0 saturated heterocycles. The predicted octanol–water partition coefficient (Wildman–Crippen LogP) is 3.71. The summed E-state index contributed by atoms with van der Waals surface area (Å²) in [5.41, 5.74) is 5.02. The molecule has 0 spiro atoms. The highest BCUT2D eigenvalue weighted by Crippen LogP contribution is 2.38. The van der Waals surface area contributed by atoms with Crippen LogP contribution in [0.2, 0.25) is 0 Å². The van der Waals surface area contributed by atoms with Gasteiger partial charge in [0.05, 0.1) is 16.3 Å². The molecule has 2 aliphatic heterocycles. The molecule has 0 aliphatic carbocycles. The highest BCUT2D eigenvalue weighted by Gasteiger charge is 2.33. The van der Waals surface area contributed by atoms with Crippen LogP contribution in [-0.4, -0.2) is 40.6 Å². The molecule has 2 aliphatic rings. The number of sulfonamides is 1. The van der Waals surface area contributed by atoms with Gasteiger partial charge in [-0.3, -0.25) is 14.1 Å². The molecule has 0 radical (unpaired) electrons. The fourth-order valence-corrected chi connectivity index (χ4v) is 5.89. The monoisotopic (exact) mass is 516 g/mol. The van der Waals surface area contributed by atoms with Crippen LogP contribution in [0.5, 0.6) is 11.6 Å². The van der Waals surface area contributed by atoms with E-state index in [1.165, 1.54) is 0 Å². The second kappa shape index (κ2) is 8.70. The second-order valence-electron chi connectivity index (χ2n) is 9.13. The van der Waals surface area contributed by atoms with E-state index >= 15 is 0 Å². The van der Waals surface area contributed by atoms with Crippen LogP contribution in [0.3, 0.4) is 0 Å². The van der Waals surface area contributed by atoms with Crippen molar-refractivity contribution in [3.05, 3.63) is 77.4 Å². The molecule has 4 aromatic rings. The van der Waals surface area contributed by atoms with Gasteiger partial charge < -0.3 is 9.64 Å². The number of ether oxygens (including phenoxy) is 1. The summed E-state index contributed by atoms with van der Waals surface area (Å²) in [6.07, 6.45) is 3.32. The van der Waals surface area contributed by atoms with Crippen molar-refractivity contribution in [3.63, 3.8) is 0 Å². The average molecular weight is 517 g/mol. The molecule has 0 atom stereocenters. The molecule has 37 heavy (non-hydrogen) atoms. The van der Waals surface area contributed by atoms with Gasteiger partial charge in [0.25, 0.3) is 10.0 Å². The first kappa shape index (κ1) is 23.2. The first-order valence-electron chi connectivity index (χ1n) is 11.9. The van der Waals surface area contributed by atoms with Gasteiger partial charge in [-0.15, -0.1) is 10.2 Å². The van der Waals surface area contributed by atoms with E-state index in [1.54, 1.807) is 59.8 Å². The number of anilines is 2. The van der Waals surface area contributed by atoms with Gasteiger partial charge in [-0.2, -0.15) is 0 Å². The Balaban J connectivity index is 1.16. The summed E-state index contributed by atoms with van der Waals surface area (Å²) in [6.45, 7) is 4.50. The maximum absolute atomic E-state index is 13.1. The van der Waals surface area contributed by atoms with Crippen LogP contribution >= 0.6 is 0 Å². The first-order chi connectivity index (χ1) is 17.8. The van der Waals surface area contributed by atoms with Crippen molar-refractivity contribution in [2.45, 2.75) is 38.0 Å². The third kappa shape index (κ3) is 4.20. The largest absolute Gasteiger partial charge is 0.438 e. The topological polar surface area (TPSA) is 119 Å². The number of rotatable bonds is 6. The number of amides is 1. The lowest BCUT2D eigenvalue weighted by Crippen LogP contribution is -2.33. The van der Waals surface area contributed by atoms with E-state index in [0.717, 1.165) is 28.2 Å². The summed E-state index contributed by atoms with van der Waals surface area (Å²) in [4.78, 5) is 18.4. The van der Waals surface area contributed by atoms with Gasteiger partial charge >= 0.3 is 0 Å². The van der Waals surface area contributed by atoms with Crippen LogP contribution in [0.25, 0.3) is 5.82 Å². The van der Waals surface area contributed by atoms with Crippen LogP contribution in [0.15, 0.2) is 59.8 Å². The Labute approximate surface area is 214 Å². The van der Waals surface area contributed by atoms with Crippen LogP contribution in [0.1, 0.15) is 28.9 Å². The van der Waals surface area contributed by atoms with Crippen molar-refractivity contribution in [1.29, 1.82) is 0 Å². The van der Waals surface area contributed by atoms with Crippen molar-refractivity contribution in [2.75, 3.05) is 16.2 Å². The van der Waals surface area contributed by atoms with E-state index in [2.05, 4.69) is 19.9 Å². The van der Waals surface area contributed by atoms with Crippen molar-refractivity contribution < 1.29 is 17.9 Å². The number of carbonyl (C=O) groups excluding carboxylic acids is 1. The van der Waals surface area contributed by atoms with Gasteiger partial charge in [-0.25, -0.2) is 13.4 Å². The highest BCUT2D eigenvalue weighted by atomic mass is 32.2. The number of carbonyl (C=O) groups is 1. The molecule has 1 amide bonds. The molecule has 4 heterocycles. The zero-order valence-corrected chi connectivity index (χ0v) is 21.1. The highest BCUT2D eigenvalue weighted by molar-refractivity contribution is 7.92. The molecular weight excluding hydrogens is 492 g/mol. The number of aryl methyl sites for hydroxylation is 2. The van der Waals surface area contributed by atoms with Gasteiger partial charge in [0, 0.05) is 30.4 Å². The molecule has 11 heteroatoms. The molecule has 2 aromatic carbocycles. The molecule has 0 unspecified atom stereocenters. The summed E-state index contributed by atoms with van der Waals surface area (Å²) in [7, 11) is -3.80. The van der Waals surface area contributed by atoms with Crippen molar-refractivity contribution in [1.82, 2.24) is 19.7 Å².